The van der Waals surface area contributed by atoms with Crippen LogP contribution in [0.5, 0.6) is 0 Å². The van der Waals surface area contributed by atoms with Crippen molar-refractivity contribution >= 4 is 35.0 Å². The molecule has 1 aliphatic rings. The lowest BCUT2D eigenvalue weighted by Gasteiger charge is -2.32. The van der Waals surface area contributed by atoms with E-state index in [9.17, 15) is 9.59 Å². The van der Waals surface area contributed by atoms with Crippen LogP contribution >= 0.6 is 23.2 Å². The van der Waals surface area contributed by atoms with Crippen molar-refractivity contribution < 1.29 is 9.59 Å². The van der Waals surface area contributed by atoms with E-state index in [1.807, 2.05) is 4.90 Å². The number of piperidine rings is 1. The summed E-state index contributed by atoms with van der Waals surface area (Å²) in [5, 5.41) is 2.78. The second-order valence-corrected chi connectivity index (χ2v) is 5.66. The molecule has 1 aliphatic heterocycles. The van der Waals surface area contributed by atoms with Gasteiger partial charge in [-0.25, -0.2) is 0 Å². The quantitative estimate of drug-likeness (QED) is 0.790. The third-order valence-electron chi connectivity index (χ3n) is 3.14. The molecule has 0 aromatic carbocycles. The van der Waals surface area contributed by atoms with E-state index in [4.69, 9.17) is 23.2 Å². The number of hydrogen-bond donors (Lipinski definition) is 1. The first-order chi connectivity index (χ1) is 8.54. The summed E-state index contributed by atoms with van der Waals surface area (Å²) >= 11 is 10.9. The SMILES string of the molecule is CCCCC(=O)N1CCC(NC(=O)C(Cl)Cl)CC1. The summed E-state index contributed by atoms with van der Waals surface area (Å²) in [5.74, 6) is -0.136. The molecule has 4 nitrogen and oxygen atoms in total. The van der Waals surface area contributed by atoms with Gasteiger partial charge in [-0.1, -0.05) is 36.5 Å². The van der Waals surface area contributed by atoms with Gasteiger partial charge in [0.05, 0.1) is 0 Å². The Bertz CT molecular complexity index is 290. The van der Waals surface area contributed by atoms with Crippen molar-refractivity contribution in [2.24, 2.45) is 0 Å². The summed E-state index contributed by atoms with van der Waals surface area (Å²) in [7, 11) is 0. The Morgan fingerprint density at radius 2 is 1.94 bits per heavy atom. The first-order valence-electron chi connectivity index (χ1n) is 6.41. The zero-order chi connectivity index (χ0) is 13.5. The number of unbranched alkanes of at least 4 members (excludes halogenated alkanes) is 1. The van der Waals surface area contributed by atoms with Gasteiger partial charge in [-0.15, -0.1) is 0 Å². The number of hydrogen-bond acceptors (Lipinski definition) is 2. The van der Waals surface area contributed by atoms with Crippen LogP contribution in [0.3, 0.4) is 0 Å². The van der Waals surface area contributed by atoms with Gasteiger partial charge in [0.1, 0.15) is 0 Å². The smallest absolute Gasteiger partial charge is 0.253 e. The maximum Gasteiger partial charge on any atom is 0.253 e. The molecule has 0 bridgehead atoms. The van der Waals surface area contributed by atoms with Crippen molar-refractivity contribution in [1.82, 2.24) is 10.2 Å². The molecule has 0 aromatic rings. The van der Waals surface area contributed by atoms with Crippen LogP contribution in [0.25, 0.3) is 0 Å². The molecule has 6 heteroatoms. The van der Waals surface area contributed by atoms with Crippen LogP contribution in [0.2, 0.25) is 0 Å². The number of nitrogens with one attached hydrogen (secondary N) is 1. The van der Waals surface area contributed by atoms with Crippen LogP contribution in [-0.4, -0.2) is 40.7 Å². The summed E-state index contributed by atoms with van der Waals surface area (Å²) in [6, 6.07) is 0.0766. The predicted molar refractivity (Wildman–Crippen MR) is 72.8 cm³/mol. The fraction of sp³-hybridized carbons (Fsp3) is 0.833. The van der Waals surface area contributed by atoms with Gasteiger partial charge in [-0.05, 0) is 19.3 Å². The van der Waals surface area contributed by atoms with Crippen LogP contribution in [0, 0.1) is 0 Å². The molecular formula is C12H20Cl2N2O2. The summed E-state index contributed by atoms with van der Waals surface area (Å²) in [6.45, 7) is 3.47. The van der Waals surface area contributed by atoms with Gasteiger partial charge in [0.2, 0.25) is 5.91 Å². The normalized spacial score (nSPS) is 17.0. The minimum absolute atomic E-state index is 0.0766. The molecule has 1 saturated heterocycles. The van der Waals surface area contributed by atoms with Crippen LogP contribution < -0.4 is 5.32 Å². The number of rotatable bonds is 5. The van der Waals surface area contributed by atoms with E-state index in [0.29, 0.717) is 19.5 Å². The second-order valence-electron chi connectivity index (χ2n) is 4.57. The van der Waals surface area contributed by atoms with Crippen LogP contribution in [0.15, 0.2) is 0 Å². The average Bonchev–Trinajstić information content (AvgIpc) is 2.36. The van der Waals surface area contributed by atoms with Gasteiger partial charge in [-0.3, -0.25) is 9.59 Å². The van der Waals surface area contributed by atoms with Crippen LogP contribution in [0.4, 0.5) is 0 Å². The fourth-order valence-electron chi connectivity index (χ4n) is 2.02. The van der Waals surface area contributed by atoms with E-state index in [1.54, 1.807) is 0 Å². The summed E-state index contributed by atoms with van der Waals surface area (Å²) < 4.78 is 0. The molecule has 0 spiro atoms. The van der Waals surface area contributed by atoms with Crippen molar-refractivity contribution in [3.8, 4) is 0 Å². The van der Waals surface area contributed by atoms with Gasteiger partial charge in [-0.2, -0.15) is 0 Å². The van der Waals surface area contributed by atoms with Crippen molar-refractivity contribution in [3.05, 3.63) is 0 Å². The molecule has 0 aromatic heterocycles. The molecule has 0 atom stereocenters. The molecule has 0 radical (unpaired) electrons. The minimum Gasteiger partial charge on any atom is -0.351 e. The predicted octanol–water partition coefficient (Wildman–Crippen LogP) is 2.09. The number of halogens is 2. The molecule has 1 N–H and O–H groups in total. The maximum atomic E-state index is 11.8. The molecule has 104 valence electrons. The number of alkyl halides is 2. The van der Waals surface area contributed by atoms with Gasteiger partial charge >= 0.3 is 0 Å². The van der Waals surface area contributed by atoms with E-state index in [2.05, 4.69) is 12.2 Å². The Morgan fingerprint density at radius 3 is 2.44 bits per heavy atom. The number of carbonyl (C=O) groups is 2. The molecule has 18 heavy (non-hydrogen) atoms. The van der Waals surface area contributed by atoms with E-state index in [1.165, 1.54) is 0 Å². The molecule has 1 heterocycles. The maximum absolute atomic E-state index is 11.8. The zero-order valence-electron chi connectivity index (χ0n) is 10.6. The Labute approximate surface area is 118 Å². The summed E-state index contributed by atoms with van der Waals surface area (Å²) in [4.78, 5) is 24.0. The molecule has 1 rings (SSSR count). The van der Waals surface area contributed by atoms with Crippen molar-refractivity contribution in [1.29, 1.82) is 0 Å². The van der Waals surface area contributed by atoms with Crippen molar-refractivity contribution in [3.63, 3.8) is 0 Å². The third-order valence-corrected chi connectivity index (χ3v) is 3.53. The molecule has 0 saturated carbocycles. The van der Waals surface area contributed by atoms with E-state index < -0.39 is 4.84 Å². The summed E-state index contributed by atoms with van der Waals surface area (Å²) in [6.07, 6.45) is 4.13. The number of carbonyl (C=O) groups excluding carboxylic acids is 2. The highest BCUT2D eigenvalue weighted by Crippen LogP contribution is 2.13. The van der Waals surface area contributed by atoms with Gasteiger partial charge in [0.25, 0.3) is 5.91 Å². The Hall–Kier alpha value is -0.480. The minimum atomic E-state index is -1.02. The zero-order valence-corrected chi connectivity index (χ0v) is 12.1. The Balaban J connectivity index is 2.28. The van der Waals surface area contributed by atoms with Crippen LogP contribution in [0.1, 0.15) is 39.0 Å². The van der Waals surface area contributed by atoms with E-state index in [0.717, 1.165) is 25.7 Å². The lowest BCUT2D eigenvalue weighted by molar-refractivity contribution is -0.132. The third kappa shape index (κ3) is 5.02. The molecule has 1 fully saturated rings. The standard InChI is InChI=1S/C12H20Cl2N2O2/c1-2-3-4-10(17)16-7-5-9(6-8-16)15-12(18)11(13)14/h9,11H,2-8H2,1H3,(H,15,18). The number of amides is 2. The summed E-state index contributed by atoms with van der Waals surface area (Å²) in [5.41, 5.74) is 0. The highest BCUT2D eigenvalue weighted by atomic mass is 35.5. The molecule has 0 unspecified atom stereocenters. The lowest BCUT2D eigenvalue weighted by Crippen LogP contribution is -2.47. The number of nitrogens with zero attached hydrogens (tertiary/aromatic N) is 1. The number of likely N-dealkylation sites (tertiary alicyclic amines) is 1. The largest absolute Gasteiger partial charge is 0.351 e. The highest BCUT2D eigenvalue weighted by Gasteiger charge is 2.24. The van der Waals surface area contributed by atoms with E-state index >= 15 is 0 Å². The Kier molecular flexibility index (Phi) is 6.79. The molecular weight excluding hydrogens is 275 g/mol. The first-order valence-corrected chi connectivity index (χ1v) is 7.28. The van der Waals surface area contributed by atoms with Gasteiger partial charge in [0, 0.05) is 25.6 Å². The Morgan fingerprint density at radius 1 is 1.33 bits per heavy atom. The highest BCUT2D eigenvalue weighted by molar-refractivity contribution is 6.53. The molecule has 0 aliphatic carbocycles. The van der Waals surface area contributed by atoms with E-state index in [-0.39, 0.29) is 17.9 Å². The van der Waals surface area contributed by atoms with Gasteiger partial charge in [0.15, 0.2) is 4.84 Å². The van der Waals surface area contributed by atoms with Crippen molar-refractivity contribution in [2.75, 3.05) is 13.1 Å². The van der Waals surface area contributed by atoms with Crippen LogP contribution in [-0.2, 0) is 9.59 Å². The van der Waals surface area contributed by atoms with Crippen molar-refractivity contribution in [2.45, 2.75) is 49.9 Å². The fourth-order valence-corrected chi connectivity index (χ4v) is 2.15. The van der Waals surface area contributed by atoms with Gasteiger partial charge < -0.3 is 10.2 Å². The lowest BCUT2D eigenvalue weighted by atomic mass is 10.0. The monoisotopic (exact) mass is 294 g/mol. The molecule has 2 amide bonds. The first kappa shape index (κ1) is 15.6. The average molecular weight is 295 g/mol. The second kappa shape index (κ2) is 7.85. The topological polar surface area (TPSA) is 49.4 Å².